The average molecular weight is 305 g/mol. The van der Waals surface area contributed by atoms with Crippen LogP contribution in [0.1, 0.15) is 38.4 Å². The molecule has 0 atom stereocenters. The van der Waals surface area contributed by atoms with Gasteiger partial charge in [-0.15, -0.1) is 0 Å². The molecule has 1 fully saturated rings. The summed E-state index contributed by atoms with van der Waals surface area (Å²) >= 11 is 0. The normalized spacial score (nSPS) is 15.1. The minimum Gasteiger partial charge on any atom is -0.329 e. The van der Waals surface area contributed by atoms with Crippen molar-refractivity contribution < 1.29 is 0 Å². The van der Waals surface area contributed by atoms with Gasteiger partial charge in [-0.2, -0.15) is 0 Å². The molecule has 2 aromatic heterocycles. The summed E-state index contributed by atoms with van der Waals surface area (Å²) in [5.41, 5.74) is 6.00. The predicted molar refractivity (Wildman–Crippen MR) is 85.1 cm³/mol. The van der Waals surface area contributed by atoms with Gasteiger partial charge in [0.15, 0.2) is 11.2 Å². The van der Waals surface area contributed by atoms with Crippen molar-refractivity contribution in [3.05, 3.63) is 26.7 Å². The zero-order valence-electron chi connectivity index (χ0n) is 13.4. The Labute approximate surface area is 128 Å². The zero-order chi connectivity index (χ0) is 16.0. The van der Waals surface area contributed by atoms with Gasteiger partial charge in [-0.3, -0.25) is 13.9 Å². The standard InChI is InChI=1S/C15H23N5O2/c1-9(2)8-20-13-11(14(21)19(7-6-16)15(20)22)18(3)12(17-13)10-4-5-10/h9-10H,4-8,16H2,1-3H3. The van der Waals surface area contributed by atoms with Crippen LogP contribution in [0.4, 0.5) is 0 Å². The van der Waals surface area contributed by atoms with Gasteiger partial charge in [0.05, 0.1) is 0 Å². The summed E-state index contributed by atoms with van der Waals surface area (Å²) in [6, 6.07) is 0. The number of aromatic nitrogens is 4. The van der Waals surface area contributed by atoms with Gasteiger partial charge in [0.25, 0.3) is 5.56 Å². The highest BCUT2D eigenvalue weighted by Crippen LogP contribution is 2.39. The highest BCUT2D eigenvalue weighted by molar-refractivity contribution is 5.71. The van der Waals surface area contributed by atoms with E-state index in [0.717, 1.165) is 18.7 Å². The van der Waals surface area contributed by atoms with Gasteiger partial charge in [0.2, 0.25) is 0 Å². The van der Waals surface area contributed by atoms with Gasteiger partial charge in [-0.05, 0) is 18.8 Å². The van der Waals surface area contributed by atoms with Crippen molar-refractivity contribution in [1.29, 1.82) is 0 Å². The molecule has 0 spiro atoms. The molecule has 0 amide bonds. The number of aryl methyl sites for hydroxylation is 1. The van der Waals surface area contributed by atoms with Crippen LogP contribution in [0.2, 0.25) is 0 Å². The molecule has 2 heterocycles. The fraction of sp³-hybridized carbons (Fsp3) is 0.667. The maximum Gasteiger partial charge on any atom is 0.332 e. The molecule has 1 aliphatic rings. The second kappa shape index (κ2) is 5.39. The molecule has 0 unspecified atom stereocenters. The van der Waals surface area contributed by atoms with E-state index in [1.165, 1.54) is 4.57 Å². The molecule has 0 aromatic carbocycles. The van der Waals surface area contributed by atoms with E-state index >= 15 is 0 Å². The number of nitrogens with zero attached hydrogens (tertiary/aromatic N) is 4. The molecule has 1 saturated carbocycles. The summed E-state index contributed by atoms with van der Waals surface area (Å²) in [5, 5.41) is 0. The first-order valence-corrected chi connectivity index (χ1v) is 7.85. The van der Waals surface area contributed by atoms with Crippen molar-refractivity contribution in [2.75, 3.05) is 6.54 Å². The molecule has 0 saturated heterocycles. The first-order chi connectivity index (χ1) is 10.5. The first kappa shape index (κ1) is 15.0. The molecule has 0 bridgehead atoms. The lowest BCUT2D eigenvalue weighted by Crippen LogP contribution is -2.42. The van der Waals surface area contributed by atoms with Crippen LogP contribution >= 0.6 is 0 Å². The highest BCUT2D eigenvalue weighted by atomic mass is 16.2. The summed E-state index contributed by atoms with van der Waals surface area (Å²) in [6.07, 6.45) is 2.20. The Morgan fingerprint density at radius 3 is 2.50 bits per heavy atom. The molecule has 0 radical (unpaired) electrons. The van der Waals surface area contributed by atoms with Crippen LogP contribution in [0.25, 0.3) is 11.2 Å². The van der Waals surface area contributed by atoms with Crippen molar-refractivity contribution in [3.63, 3.8) is 0 Å². The second-order valence-corrected chi connectivity index (χ2v) is 6.51. The van der Waals surface area contributed by atoms with Crippen LogP contribution in [0.5, 0.6) is 0 Å². The van der Waals surface area contributed by atoms with Crippen LogP contribution in [-0.4, -0.2) is 25.2 Å². The second-order valence-electron chi connectivity index (χ2n) is 6.51. The summed E-state index contributed by atoms with van der Waals surface area (Å²) in [5.74, 6) is 1.62. The van der Waals surface area contributed by atoms with E-state index in [-0.39, 0.29) is 30.3 Å². The third-order valence-electron chi connectivity index (χ3n) is 4.12. The Hall–Kier alpha value is -1.89. The van der Waals surface area contributed by atoms with Crippen molar-refractivity contribution in [3.8, 4) is 0 Å². The number of hydrogen-bond donors (Lipinski definition) is 1. The van der Waals surface area contributed by atoms with Crippen LogP contribution in [-0.2, 0) is 20.1 Å². The summed E-state index contributed by atoms with van der Waals surface area (Å²) in [7, 11) is 1.86. The topological polar surface area (TPSA) is 87.8 Å². The molecule has 2 N–H and O–H groups in total. The van der Waals surface area contributed by atoms with Crippen LogP contribution in [0, 0.1) is 5.92 Å². The zero-order valence-corrected chi connectivity index (χ0v) is 13.4. The number of hydrogen-bond acceptors (Lipinski definition) is 4. The quantitative estimate of drug-likeness (QED) is 0.865. The fourth-order valence-electron chi connectivity index (χ4n) is 2.94. The molecule has 0 aliphatic heterocycles. The molecular formula is C15H23N5O2. The van der Waals surface area contributed by atoms with Gasteiger partial charge in [0.1, 0.15) is 5.82 Å². The van der Waals surface area contributed by atoms with E-state index in [4.69, 9.17) is 5.73 Å². The van der Waals surface area contributed by atoms with Crippen molar-refractivity contribution in [1.82, 2.24) is 18.7 Å². The van der Waals surface area contributed by atoms with Gasteiger partial charge in [0, 0.05) is 32.6 Å². The third kappa shape index (κ3) is 2.29. The van der Waals surface area contributed by atoms with Crippen molar-refractivity contribution >= 4 is 11.2 Å². The summed E-state index contributed by atoms with van der Waals surface area (Å²) in [4.78, 5) is 30.0. The molecule has 120 valence electrons. The minimum absolute atomic E-state index is 0.232. The Balaban J connectivity index is 2.36. The van der Waals surface area contributed by atoms with E-state index in [2.05, 4.69) is 4.98 Å². The number of imidazole rings is 1. The first-order valence-electron chi connectivity index (χ1n) is 7.85. The Kier molecular flexibility index (Phi) is 3.68. The largest absolute Gasteiger partial charge is 0.332 e. The maximum absolute atomic E-state index is 12.7. The summed E-state index contributed by atoms with van der Waals surface area (Å²) < 4.78 is 4.73. The van der Waals surface area contributed by atoms with E-state index in [9.17, 15) is 9.59 Å². The third-order valence-corrected chi connectivity index (χ3v) is 4.12. The maximum atomic E-state index is 12.7. The Morgan fingerprint density at radius 1 is 1.27 bits per heavy atom. The van der Waals surface area contributed by atoms with Crippen molar-refractivity contribution in [2.24, 2.45) is 18.7 Å². The molecule has 3 rings (SSSR count). The molecule has 22 heavy (non-hydrogen) atoms. The van der Waals surface area contributed by atoms with Crippen molar-refractivity contribution in [2.45, 2.75) is 45.7 Å². The van der Waals surface area contributed by atoms with E-state index in [1.807, 2.05) is 25.5 Å². The van der Waals surface area contributed by atoms with Gasteiger partial charge in [-0.25, -0.2) is 9.78 Å². The lowest BCUT2D eigenvalue weighted by Gasteiger charge is -2.12. The molecule has 1 aliphatic carbocycles. The van der Waals surface area contributed by atoms with Crippen LogP contribution < -0.4 is 17.0 Å². The van der Waals surface area contributed by atoms with E-state index in [0.29, 0.717) is 23.6 Å². The minimum atomic E-state index is -0.308. The molecule has 7 heteroatoms. The van der Waals surface area contributed by atoms with Gasteiger partial charge < -0.3 is 10.3 Å². The number of nitrogens with two attached hydrogens (primary N) is 1. The lowest BCUT2D eigenvalue weighted by molar-refractivity contribution is 0.488. The molecular weight excluding hydrogens is 282 g/mol. The average Bonchev–Trinajstić information content (AvgIpc) is 3.23. The monoisotopic (exact) mass is 305 g/mol. The number of rotatable bonds is 5. The number of fused-ring (bicyclic) bond motifs is 1. The Morgan fingerprint density at radius 2 is 1.95 bits per heavy atom. The van der Waals surface area contributed by atoms with Crippen LogP contribution in [0.15, 0.2) is 9.59 Å². The van der Waals surface area contributed by atoms with Gasteiger partial charge in [-0.1, -0.05) is 13.8 Å². The fourth-order valence-corrected chi connectivity index (χ4v) is 2.94. The molecule has 7 nitrogen and oxygen atoms in total. The highest BCUT2D eigenvalue weighted by Gasteiger charge is 2.30. The molecule has 2 aromatic rings. The van der Waals surface area contributed by atoms with Crippen LogP contribution in [0.3, 0.4) is 0 Å². The van der Waals surface area contributed by atoms with Gasteiger partial charge >= 0.3 is 5.69 Å². The SMILES string of the molecule is CC(C)Cn1c(=O)n(CCN)c(=O)c2c1nc(C1CC1)n2C. The Bertz CT molecular complexity index is 823. The lowest BCUT2D eigenvalue weighted by atomic mass is 10.2. The summed E-state index contributed by atoms with van der Waals surface area (Å²) in [6.45, 7) is 5.12. The predicted octanol–water partition coefficient (Wildman–Crippen LogP) is 0.389. The smallest absolute Gasteiger partial charge is 0.329 e. The van der Waals surface area contributed by atoms with E-state index in [1.54, 1.807) is 4.57 Å². The van der Waals surface area contributed by atoms with E-state index < -0.39 is 0 Å².